The number of benzene rings is 2. The Hall–Kier alpha value is -1.01. The molecule has 2 rings (SSSR count). The fourth-order valence-electron chi connectivity index (χ4n) is 2.24. The molecule has 0 bridgehead atoms. The molecule has 1 N–H and O–H groups in total. The van der Waals surface area contributed by atoms with Crippen molar-refractivity contribution in [3.63, 3.8) is 0 Å². The number of halogens is 3. The molecule has 4 heteroatoms. The van der Waals surface area contributed by atoms with E-state index in [4.69, 9.17) is 0 Å². The molecule has 0 aliphatic heterocycles. The molecule has 2 aromatic carbocycles. The molecule has 0 amide bonds. The predicted octanol–water partition coefficient (Wildman–Crippen LogP) is 4.85. The quantitative estimate of drug-likeness (QED) is 0.683. The van der Waals surface area contributed by atoms with Gasteiger partial charge in [0.1, 0.15) is 11.6 Å². The second-order valence-electron chi connectivity index (χ2n) is 5.00. The van der Waals surface area contributed by atoms with E-state index in [2.05, 4.69) is 34.8 Å². The van der Waals surface area contributed by atoms with Crippen molar-refractivity contribution >= 4 is 22.6 Å². The van der Waals surface area contributed by atoms with Gasteiger partial charge >= 0.3 is 0 Å². The van der Waals surface area contributed by atoms with Crippen LogP contribution in [-0.2, 0) is 6.42 Å². The van der Waals surface area contributed by atoms with Crippen molar-refractivity contribution in [1.82, 2.24) is 5.32 Å². The minimum absolute atomic E-state index is 0.0155. The smallest absolute Gasteiger partial charge is 0.126 e. The maximum absolute atomic E-state index is 13.8. The van der Waals surface area contributed by atoms with E-state index in [1.54, 1.807) is 0 Å². The van der Waals surface area contributed by atoms with E-state index < -0.39 is 5.82 Å². The number of nitrogens with one attached hydrogen (secondary N) is 1. The van der Waals surface area contributed by atoms with Crippen molar-refractivity contribution < 1.29 is 8.78 Å². The molecule has 2 aromatic rings. The first-order valence-corrected chi connectivity index (χ1v) is 8.10. The standard InChI is InChI=1S/C17H18F2IN/c1-2-9-21-17(12-3-6-15(20)7-4-12)11-13-10-14(18)5-8-16(13)19/h3-8,10,17,21H,2,9,11H2,1H3. The molecule has 0 spiro atoms. The third kappa shape index (κ3) is 4.74. The number of rotatable bonds is 6. The molecular weight excluding hydrogens is 383 g/mol. The van der Waals surface area contributed by atoms with Gasteiger partial charge in [-0.05, 0) is 83.4 Å². The van der Waals surface area contributed by atoms with Gasteiger partial charge in [0, 0.05) is 9.61 Å². The van der Waals surface area contributed by atoms with E-state index in [-0.39, 0.29) is 11.9 Å². The SMILES string of the molecule is CCCNC(Cc1cc(F)ccc1F)c1ccc(I)cc1. The van der Waals surface area contributed by atoms with Gasteiger partial charge in [-0.2, -0.15) is 0 Å². The molecule has 112 valence electrons. The van der Waals surface area contributed by atoms with Gasteiger partial charge in [0.2, 0.25) is 0 Å². The summed E-state index contributed by atoms with van der Waals surface area (Å²) in [6.45, 7) is 2.92. The third-order valence-corrected chi connectivity index (χ3v) is 4.06. The summed E-state index contributed by atoms with van der Waals surface area (Å²) in [7, 11) is 0. The molecule has 0 radical (unpaired) electrons. The van der Waals surface area contributed by atoms with Crippen LogP contribution in [0.15, 0.2) is 42.5 Å². The molecule has 0 heterocycles. The average Bonchev–Trinajstić information content (AvgIpc) is 2.48. The molecule has 0 aliphatic carbocycles. The Morgan fingerprint density at radius 3 is 2.48 bits per heavy atom. The van der Waals surface area contributed by atoms with Gasteiger partial charge in [0.05, 0.1) is 0 Å². The fourth-order valence-corrected chi connectivity index (χ4v) is 2.60. The first-order valence-electron chi connectivity index (χ1n) is 7.03. The van der Waals surface area contributed by atoms with Crippen LogP contribution in [0.5, 0.6) is 0 Å². The molecule has 0 aromatic heterocycles. The minimum Gasteiger partial charge on any atom is -0.310 e. The Bertz CT molecular complexity index is 584. The zero-order valence-electron chi connectivity index (χ0n) is 11.9. The van der Waals surface area contributed by atoms with Crippen molar-refractivity contribution in [3.05, 3.63) is 68.8 Å². The van der Waals surface area contributed by atoms with Gasteiger partial charge < -0.3 is 5.32 Å². The highest BCUT2D eigenvalue weighted by molar-refractivity contribution is 14.1. The molecule has 1 nitrogen and oxygen atoms in total. The zero-order valence-corrected chi connectivity index (χ0v) is 14.0. The lowest BCUT2D eigenvalue weighted by Crippen LogP contribution is -2.24. The van der Waals surface area contributed by atoms with Gasteiger partial charge in [0.15, 0.2) is 0 Å². The van der Waals surface area contributed by atoms with Crippen LogP contribution in [0, 0.1) is 15.2 Å². The van der Waals surface area contributed by atoms with Crippen LogP contribution in [0.25, 0.3) is 0 Å². The van der Waals surface area contributed by atoms with Crippen LogP contribution in [0.3, 0.4) is 0 Å². The first-order chi connectivity index (χ1) is 10.1. The van der Waals surface area contributed by atoms with E-state index in [0.29, 0.717) is 12.0 Å². The van der Waals surface area contributed by atoms with Crippen LogP contribution in [-0.4, -0.2) is 6.54 Å². The third-order valence-electron chi connectivity index (χ3n) is 3.34. The summed E-state index contributed by atoms with van der Waals surface area (Å²) >= 11 is 2.25. The van der Waals surface area contributed by atoms with Gasteiger partial charge in [-0.1, -0.05) is 19.1 Å². The summed E-state index contributed by atoms with van der Waals surface area (Å²) in [5.41, 5.74) is 1.50. The van der Waals surface area contributed by atoms with Crippen LogP contribution >= 0.6 is 22.6 Å². The fraction of sp³-hybridized carbons (Fsp3) is 0.294. The molecule has 1 atom stereocenters. The van der Waals surface area contributed by atoms with E-state index in [0.717, 1.165) is 28.2 Å². The van der Waals surface area contributed by atoms with Crippen LogP contribution < -0.4 is 5.32 Å². The zero-order chi connectivity index (χ0) is 15.2. The van der Waals surface area contributed by atoms with Gasteiger partial charge in [-0.3, -0.25) is 0 Å². The first kappa shape index (κ1) is 16.4. The lowest BCUT2D eigenvalue weighted by atomic mass is 9.98. The summed E-state index contributed by atoms with van der Waals surface area (Å²) < 4.78 is 28.3. The van der Waals surface area contributed by atoms with E-state index in [1.807, 2.05) is 24.3 Å². The number of hydrogen-bond acceptors (Lipinski definition) is 1. The van der Waals surface area contributed by atoms with Gasteiger partial charge in [-0.15, -0.1) is 0 Å². The molecule has 0 saturated heterocycles. The second kappa shape index (κ2) is 7.84. The Balaban J connectivity index is 2.23. The molecule has 0 fully saturated rings. The maximum Gasteiger partial charge on any atom is 0.126 e. The summed E-state index contributed by atoms with van der Waals surface area (Å²) in [4.78, 5) is 0. The van der Waals surface area contributed by atoms with E-state index in [9.17, 15) is 8.78 Å². The summed E-state index contributed by atoms with van der Waals surface area (Å²) in [6.07, 6.45) is 1.43. The van der Waals surface area contributed by atoms with Crippen LogP contribution in [0.4, 0.5) is 8.78 Å². The molecule has 0 aliphatic rings. The summed E-state index contributed by atoms with van der Waals surface area (Å²) in [5, 5.41) is 3.41. The highest BCUT2D eigenvalue weighted by atomic mass is 127. The maximum atomic E-state index is 13.8. The van der Waals surface area contributed by atoms with E-state index >= 15 is 0 Å². The summed E-state index contributed by atoms with van der Waals surface area (Å²) in [6, 6.07) is 11.7. The molecule has 21 heavy (non-hydrogen) atoms. The largest absolute Gasteiger partial charge is 0.310 e. The van der Waals surface area contributed by atoms with Crippen LogP contribution in [0.1, 0.15) is 30.5 Å². The normalized spacial score (nSPS) is 12.4. The highest BCUT2D eigenvalue weighted by Gasteiger charge is 2.14. The Kier molecular flexibility index (Phi) is 6.11. The monoisotopic (exact) mass is 401 g/mol. The van der Waals surface area contributed by atoms with Crippen LogP contribution in [0.2, 0.25) is 0 Å². The lowest BCUT2D eigenvalue weighted by Gasteiger charge is -2.19. The number of hydrogen-bond donors (Lipinski definition) is 1. The highest BCUT2D eigenvalue weighted by Crippen LogP contribution is 2.22. The topological polar surface area (TPSA) is 12.0 Å². The van der Waals surface area contributed by atoms with Crippen molar-refractivity contribution in [3.8, 4) is 0 Å². The van der Waals surface area contributed by atoms with Crippen molar-refractivity contribution in [2.24, 2.45) is 0 Å². The second-order valence-corrected chi connectivity index (χ2v) is 6.24. The van der Waals surface area contributed by atoms with Gasteiger partial charge in [0.25, 0.3) is 0 Å². The molecule has 0 saturated carbocycles. The van der Waals surface area contributed by atoms with E-state index in [1.165, 1.54) is 12.1 Å². The molecular formula is C17H18F2IN. The Labute approximate surface area is 137 Å². The Morgan fingerprint density at radius 2 is 1.81 bits per heavy atom. The minimum atomic E-state index is -0.400. The Morgan fingerprint density at radius 1 is 1.10 bits per heavy atom. The lowest BCUT2D eigenvalue weighted by molar-refractivity contribution is 0.508. The van der Waals surface area contributed by atoms with Gasteiger partial charge in [-0.25, -0.2) is 8.78 Å². The predicted molar refractivity (Wildman–Crippen MR) is 90.3 cm³/mol. The van der Waals surface area contributed by atoms with Crippen molar-refractivity contribution in [1.29, 1.82) is 0 Å². The molecule has 1 unspecified atom stereocenters. The average molecular weight is 401 g/mol. The van der Waals surface area contributed by atoms with Crippen molar-refractivity contribution in [2.75, 3.05) is 6.54 Å². The van der Waals surface area contributed by atoms with Crippen molar-refractivity contribution in [2.45, 2.75) is 25.8 Å². The summed E-state index contributed by atoms with van der Waals surface area (Å²) in [5.74, 6) is -0.756.